The minimum atomic E-state index is -4.88. The Morgan fingerprint density at radius 3 is 2.60 bits per heavy atom. The molecule has 0 unspecified atom stereocenters. The second-order valence-electron chi connectivity index (χ2n) is 4.67. The molecule has 0 radical (unpaired) electrons. The van der Waals surface area contributed by atoms with Crippen LogP contribution in [0, 0.1) is 11.5 Å². The van der Waals surface area contributed by atoms with Crippen LogP contribution >= 0.6 is 0 Å². The number of hydrogen-bond donors (Lipinski definition) is 0. The summed E-state index contributed by atoms with van der Waals surface area (Å²) >= 11 is 0. The van der Waals surface area contributed by atoms with Gasteiger partial charge in [0.2, 0.25) is 0 Å². The highest BCUT2D eigenvalue weighted by atomic mass is 19.4. The van der Waals surface area contributed by atoms with E-state index in [1.165, 1.54) is 18.4 Å². The molecule has 134 valence electrons. The molecule has 0 aliphatic rings. The van der Waals surface area contributed by atoms with Gasteiger partial charge in [-0.2, -0.15) is 0 Å². The van der Waals surface area contributed by atoms with Gasteiger partial charge < -0.3 is 14.2 Å². The van der Waals surface area contributed by atoms with Gasteiger partial charge in [0.1, 0.15) is 12.4 Å². The van der Waals surface area contributed by atoms with Crippen molar-refractivity contribution in [3.63, 3.8) is 0 Å². The highest BCUT2D eigenvalue weighted by Crippen LogP contribution is 2.33. The zero-order chi connectivity index (χ0) is 18.9. The largest absolute Gasteiger partial charge is 0.573 e. The van der Waals surface area contributed by atoms with Crippen LogP contribution in [0.5, 0.6) is 11.5 Å². The zero-order valence-electron chi connectivity index (χ0n) is 13.8. The molecule has 1 rings (SSSR count). The molecule has 0 saturated carbocycles. The van der Waals surface area contributed by atoms with E-state index in [4.69, 9.17) is 14.7 Å². The molecule has 0 heterocycles. The van der Waals surface area contributed by atoms with Crippen molar-refractivity contribution in [2.45, 2.75) is 33.2 Å². The highest BCUT2D eigenvalue weighted by molar-refractivity contribution is 5.77. The third kappa shape index (κ3) is 6.99. The van der Waals surface area contributed by atoms with E-state index in [0.29, 0.717) is 18.0 Å². The van der Waals surface area contributed by atoms with Gasteiger partial charge >= 0.3 is 6.36 Å². The third-order valence-electron chi connectivity index (χ3n) is 2.82. The molecule has 0 saturated heterocycles. The number of benzene rings is 1. The Hall–Kier alpha value is -2.95. The lowest BCUT2D eigenvalue weighted by molar-refractivity contribution is -0.275. The number of nitrogens with zero attached hydrogens (tertiary/aromatic N) is 2. The van der Waals surface area contributed by atoms with E-state index < -0.39 is 12.1 Å². The minimum Gasteiger partial charge on any atom is -0.476 e. The van der Waals surface area contributed by atoms with E-state index in [-0.39, 0.29) is 17.9 Å². The van der Waals surface area contributed by atoms with E-state index >= 15 is 0 Å². The van der Waals surface area contributed by atoms with Crippen LogP contribution in [0.2, 0.25) is 0 Å². The summed E-state index contributed by atoms with van der Waals surface area (Å²) in [4.78, 5) is 4.20. The first-order valence-corrected chi connectivity index (χ1v) is 7.24. The molecule has 1 aromatic carbocycles. The number of ether oxygens (including phenoxy) is 3. The van der Waals surface area contributed by atoms with Crippen LogP contribution in [-0.2, 0) is 11.3 Å². The van der Waals surface area contributed by atoms with E-state index in [9.17, 15) is 13.2 Å². The van der Waals surface area contributed by atoms with Crippen LogP contribution in [-0.4, -0.2) is 12.3 Å². The zero-order valence-corrected chi connectivity index (χ0v) is 13.8. The van der Waals surface area contributed by atoms with Gasteiger partial charge in [-0.3, -0.25) is 0 Å². The van der Waals surface area contributed by atoms with Gasteiger partial charge in [0, 0.05) is 12.1 Å². The van der Waals surface area contributed by atoms with Crippen LogP contribution in [0.3, 0.4) is 0 Å². The molecule has 0 fully saturated rings. The molecule has 0 spiro atoms. The number of allylic oxidation sites excluding steroid dienone is 3. The summed E-state index contributed by atoms with van der Waals surface area (Å²) in [5, 5.41) is 8.65. The predicted octanol–water partition coefficient (Wildman–Crippen LogP) is 4.86. The van der Waals surface area contributed by atoms with Crippen molar-refractivity contribution in [2.75, 3.05) is 0 Å². The fourth-order valence-electron chi connectivity index (χ4n) is 1.83. The SMILES string of the molecule is C=C/C=C(C)\N=C(/CC)OCc1c(OC#N)cccc1OC(F)(F)F. The van der Waals surface area contributed by atoms with Gasteiger partial charge in [-0.1, -0.05) is 25.6 Å². The molecule has 0 aliphatic carbocycles. The Bertz CT molecular complexity index is 704. The topological polar surface area (TPSA) is 63.8 Å². The number of aliphatic imine (C=N–C) groups is 1. The van der Waals surface area contributed by atoms with E-state index in [1.807, 2.05) is 0 Å². The summed E-state index contributed by atoms with van der Waals surface area (Å²) in [6, 6.07) is 3.74. The van der Waals surface area contributed by atoms with Gasteiger partial charge in [0.25, 0.3) is 6.26 Å². The molecule has 25 heavy (non-hydrogen) atoms. The standard InChI is InChI=1S/C17H17F3N2O3/c1-4-7-12(3)22-16(5-2)23-10-13-14(24-11-21)8-6-9-15(13)25-17(18,19)20/h4,6-9H,1,5,10H2,2-3H3/b12-7-,22-16+. The van der Waals surface area contributed by atoms with Crippen molar-refractivity contribution < 1.29 is 27.4 Å². The Labute approximate surface area is 143 Å². The molecule has 8 heteroatoms. The lowest BCUT2D eigenvalue weighted by atomic mass is 10.2. The maximum absolute atomic E-state index is 12.6. The van der Waals surface area contributed by atoms with E-state index in [1.54, 1.807) is 26.0 Å². The van der Waals surface area contributed by atoms with Crippen LogP contribution in [0.1, 0.15) is 25.8 Å². The van der Waals surface area contributed by atoms with Crippen molar-refractivity contribution in [3.05, 3.63) is 48.2 Å². The molecule has 5 nitrogen and oxygen atoms in total. The van der Waals surface area contributed by atoms with Crippen molar-refractivity contribution in [2.24, 2.45) is 4.99 Å². The summed E-state index contributed by atoms with van der Waals surface area (Å²) in [6.07, 6.45) is 0.164. The lowest BCUT2D eigenvalue weighted by Crippen LogP contribution is -2.18. The third-order valence-corrected chi connectivity index (χ3v) is 2.82. The number of halogens is 3. The molecular weight excluding hydrogens is 337 g/mol. The average molecular weight is 354 g/mol. The number of alkyl halides is 3. The van der Waals surface area contributed by atoms with Crippen molar-refractivity contribution in [1.29, 1.82) is 5.26 Å². The molecule has 0 N–H and O–H groups in total. The van der Waals surface area contributed by atoms with Crippen LogP contribution in [0.4, 0.5) is 13.2 Å². The lowest BCUT2D eigenvalue weighted by Gasteiger charge is -2.16. The minimum absolute atomic E-state index is 0.0483. The van der Waals surface area contributed by atoms with Gasteiger partial charge in [-0.15, -0.1) is 18.4 Å². The smallest absolute Gasteiger partial charge is 0.476 e. The molecular formula is C17H17F3N2O3. The summed E-state index contributed by atoms with van der Waals surface area (Å²) in [5.74, 6) is -0.285. The number of nitriles is 1. The van der Waals surface area contributed by atoms with Gasteiger partial charge in [0.05, 0.1) is 5.56 Å². The second kappa shape index (κ2) is 9.37. The van der Waals surface area contributed by atoms with Crippen molar-refractivity contribution >= 4 is 5.90 Å². The van der Waals surface area contributed by atoms with Crippen LogP contribution in [0.25, 0.3) is 0 Å². The van der Waals surface area contributed by atoms with Gasteiger partial charge in [-0.05, 0) is 25.1 Å². The summed E-state index contributed by atoms with van der Waals surface area (Å²) in [5.41, 5.74) is 0.577. The first kappa shape index (κ1) is 20.1. The number of rotatable bonds is 7. The summed E-state index contributed by atoms with van der Waals surface area (Å²) in [6.45, 7) is 6.75. The Kier molecular flexibility index (Phi) is 7.53. The first-order chi connectivity index (χ1) is 11.8. The fourth-order valence-corrected chi connectivity index (χ4v) is 1.83. The maximum Gasteiger partial charge on any atom is 0.573 e. The van der Waals surface area contributed by atoms with Crippen molar-refractivity contribution in [1.82, 2.24) is 0 Å². The second-order valence-corrected chi connectivity index (χ2v) is 4.67. The highest BCUT2D eigenvalue weighted by Gasteiger charge is 2.33. The van der Waals surface area contributed by atoms with E-state index in [2.05, 4.69) is 16.3 Å². The molecule has 0 bridgehead atoms. The number of hydrogen-bond acceptors (Lipinski definition) is 5. The first-order valence-electron chi connectivity index (χ1n) is 7.24. The summed E-state index contributed by atoms with van der Waals surface area (Å²) in [7, 11) is 0. The molecule has 1 aromatic rings. The monoisotopic (exact) mass is 354 g/mol. The molecule has 0 atom stereocenters. The normalized spacial score (nSPS) is 12.3. The van der Waals surface area contributed by atoms with Gasteiger partial charge in [0.15, 0.2) is 11.6 Å². The van der Waals surface area contributed by atoms with Crippen molar-refractivity contribution in [3.8, 4) is 17.8 Å². The molecule has 0 amide bonds. The maximum atomic E-state index is 12.6. The Morgan fingerprint density at radius 1 is 1.36 bits per heavy atom. The predicted molar refractivity (Wildman–Crippen MR) is 85.8 cm³/mol. The van der Waals surface area contributed by atoms with Crippen LogP contribution < -0.4 is 9.47 Å². The fraction of sp³-hybridized carbons (Fsp3) is 0.294. The molecule has 0 aliphatic heterocycles. The Morgan fingerprint density at radius 2 is 2.04 bits per heavy atom. The van der Waals surface area contributed by atoms with Crippen LogP contribution in [0.15, 0.2) is 47.6 Å². The summed E-state index contributed by atoms with van der Waals surface area (Å²) < 4.78 is 51.8. The Balaban J connectivity index is 3.11. The quantitative estimate of drug-likeness (QED) is 0.304. The van der Waals surface area contributed by atoms with Gasteiger partial charge in [-0.25, -0.2) is 4.99 Å². The van der Waals surface area contributed by atoms with E-state index in [0.717, 1.165) is 6.07 Å². The molecule has 0 aromatic heterocycles. The average Bonchev–Trinajstić information content (AvgIpc) is 2.52.